The van der Waals surface area contributed by atoms with Gasteiger partial charge in [-0.2, -0.15) is 0 Å². The molecule has 0 radical (unpaired) electrons. The SMILES string of the molecule is CCN(C[C@@H]1CCCN1C)C(=O)C(C)N. The lowest BCUT2D eigenvalue weighted by atomic mass is 10.2. The van der Waals surface area contributed by atoms with Crippen LogP contribution in [0.1, 0.15) is 26.7 Å². The van der Waals surface area contributed by atoms with E-state index in [1.807, 2.05) is 11.8 Å². The Hall–Kier alpha value is -0.610. The summed E-state index contributed by atoms with van der Waals surface area (Å²) < 4.78 is 0. The fourth-order valence-corrected chi connectivity index (χ4v) is 2.13. The van der Waals surface area contributed by atoms with Gasteiger partial charge in [-0.3, -0.25) is 4.79 Å². The topological polar surface area (TPSA) is 49.6 Å². The van der Waals surface area contributed by atoms with Gasteiger partial charge in [0, 0.05) is 19.1 Å². The molecule has 1 fully saturated rings. The van der Waals surface area contributed by atoms with E-state index in [0.29, 0.717) is 6.04 Å². The van der Waals surface area contributed by atoms with E-state index in [1.54, 1.807) is 6.92 Å². The predicted octanol–water partition coefficient (Wildman–Crippen LogP) is 0.276. The quantitative estimate of drug-likeness (QED) is 0.729. The molecule has 1 amide bonds. The monoisotopic (exact) mass is 213 g/mol. The van der Waals surface area contributed by atoms with Crippen LogP contribution < -0.4 is 5.73 Å². The van der Waals surface area contributed by atoms with Gasteiger partial charge < -0.3 is 15.5 Å². The second-order valence-electron chi connectivity index (χ2n) is 4.44. The highest BCUT2D eigenvalue weighted by Gasteiger charge is 2.25. The van der Waals surface area contributed by atoms with Crippen molar-refractivity contribution in [2.45, 2.75) is 38.8 Å². The zero-order chi connectivity index (χ0) is 11.4. The molecule has 0 saturated carbocycles. The van der Waals surface area contributed by atoms with Crippen molar-refractivity contribution in [3.8, 4) is 0 Å². The zero-order valence-electron chi connectivity index (χ0n) is 10.1. The number of rotatable bonds is 4. The number of hydrogen-bond acceptors (Lipinski definition) is 3. The first kappa shape index (κ1) is 12.5. The molecule has 4 nitrogen and oxygen atoms in total. The van der Waals surface area contributed by atoms with Crippen LogP contribution in [0.2, 0.25) is 0 Å². The molecule has 1 aliphatic rings. The fraction of sp³-hybridized carbons (Fsp3) is 0.909. The summed E-state index contributed by atoms with van der Waals surface area (Å²) in [6, 6.07) is 0.143. The number of nitrogens with zero attached hydrogens (tertiary/aromatic N) is 2. The van der Waals surface area contributed by atoms with Gasteiger partial charge in [0.05, 0.1) is 6.04 Å². The predicted molar refractivity (Wildman–Crippen MR) is 61.6 cm³/mol. The van der Waals surface area contributed by atoms with Crippen LogP contribution in [0.25, 0.3) is 0 Å². The maximum Gasteiger partial charge on any atom is 0.239 e. The Morgan fingerprint density at radius 3 is 2.73 bits per heavy atom. The minimum atomic E-state index is -0.378. The van der Waals surface area contributed by atoms with Gasteiger partial charge in [-0.1, -0.05) is 0 Å². The number of nitrogens with two attached hydrogens (primary N) is 1. The Labute approximate surface area is 92.4 Å². The van der Waals surface area contributed by atoms with Crippen LogP contribution in [-0.2, 0) is 4.79 Å². The molecule has 0 aliphatic carbocycles. The zero-order valence-corrected chi connectivity index (χ0v) is 10.1. The molecule has 0 bridgehead atoms. The molecule has 2 atom stereocenters. The summed E-state index contributed by atoms with van der Waals surface area (Å²) >= 11 is 0. The van der Waals surface area contributed by atoms with Crippen molar-refractivity contribution in [3.05, 3.63) is 0 Å². The van der Waals surface area contributed by atoms with Crippen molar-refractivity contribution in [3.63, 3.8) is 0 Å². The molecule has 0 aromatic rings. The maximum atomic E-state index is 11.8. The third-order valence-corrected chi connectivity index (χ3v) is 3.19. The van der Waals surface area contributed by atoms with Crippen LogP contribution in [0.15, 0.2) is 0 Å². The van der Waals surface area contributed by atoms with Crippen molar-refractivity contribution >= 4 is 5.91 Å². The first-order valence-corrected chi connectivity index (χ1v) is 5.80. The van der Waals surface area contributed by atoms with Crippen molar-refractivity contribution < 1.29 is 4.79 Å². The molecule has 0 aromatic carbocycles. The molecule has 1 unspecified atom stereocenters. The van der Waals surface area contributed by atoms with Gasteiger partial charge in [-0.05, 0) is 40.3 Å². The van der Waals surface area contributed by atoms with Crippen molar-refractivity contribution in [1.29, 1.82) is 0 Å². The van der Waals surface area contributed by atoms with Crippen LogP contribution >= 0.6 is 0 Å². The number of likely N-dealkylation sites (tertiary alicyclic amines) is 1. The number of hydrogen-bond donors (Lipinski definition) is 1. The third kappa shape index (κ3) is 3.18. The lowest BCUT2D eigenvalue weighted by Gasteiger charge is -2.29. The second-order valence-corrected chi connectivity index (χ2v) is 4.44. The highest BCUT2D eigenvalue weighted by molar-refractivity contribution is 5.81. The van der Waals surface area contributed by atoms with Crippen molar-refractivity contribution in [2.75, 3.05) is 26.7 Å². The van der Waals surface area contributed by atoms with Gasteiger partial charge in [0.25, 0.3) is 0 Å². The molecular formula is C11H23N3O. The summed E-state index contributed by atoms with van der Waals surface area (Å²) in [4.78, 5) is 16.0. The average molecular weight is 213 g/mol. The van der Waals surface area contributed by atoms with Gasteiger partial charge in [0.15, 0.2) is 0 Å². The Kier molecular flexibility index (Phi) is 4.54. The van der Waals surface area contributed by atoms with Gasteiger partial charge in [0.2, 0.25) is 5.91 Å². The maximum absolute atomic E-state index is 11.8. The number of likely N-dealkylation sites (N-methyl/N-ethyl adjacent to an activating group) is 2. The molecule has 0 spiro atoms. The Morgan fingerprint density at radius 1 is 1.67 bits per heavy atom. The van der Waals surface area contributed by atoms with E-state index in [2.05, 4.69) is 11.9 Å². The van der Waals surface area contributed by atoms with Crippen molar-refractivity contribution in [1.82, 2.24) is 9.80 Å². The van der Waals surface area contributed by atoms with Gasteiger partial charge in [-0.15, -0.1) is 0 Å². The fourth-order valence-electron chi connectivity index (χ4n) is 2.13. The van der Waals surface area contributed by atoms with E-state index in [-0.39, 0.29) is 11.9 Å². The molecule has 1 aliphatic heterocycles. The van der Waals surface area contributed by atoms with Gasteiger partial charge in [-0.25, -0.2) is 0 Å². The van der Waals surface area contributed by atoms with Crippen LogP contribution in [0.5, 0.6) is 0 Å². The summed E-state index contributed by atoms with van der Waals surface area (Å²) in [5.41, 5.74) is 5.62. The first-order chi connectivity index (χ1) is 7.06. The number of carbonyl (C=O) groups excluding carboxylic acids is 1. The minimum Gasteiger partial charge on any atom is -0.340 e. The Balaban J connectivity index is 2.49. The molecule has 1 heterocycles. The number of carbonyl (C=O) groups is 1. The minimum absolute atomic E-state index is 0.0674. The van der Waals surface area contributed by atoms with E-state index >= 15 is 0 Å². The molecule has 1 rings (SSSR count). The lowest BCUT2D eigenvalue weighted by Crippen LogP contribution is -2.47. The lowest BCUT2D eigenvalue weighted by molar-refractivity contribution is -0.132. The van der Waals surface area contributed by atoms with E-state index in [0.717, 1.165) is 19.6 Å². The largest absolute Gasteiger partial charge is 0.340 e. The second kappa shape index (κ2) is 5.47. The first-order valence-electron chi connectivity index (χ1n) is 5.80. The summed E-state index contributed by atoms with van der Waals surface area (Å²) in [6.45, 7) is 6.49. The normalized spacial score (nSPS) is 24.1. The van der Waals surface area contributed by atoms with Gasteiger partial charge in [0.1, 0.15) is 0 Å². The molecule has 15 heavy (non-hydrogen) atoms. The molecule has 88 valence electrons. The van der Waals surface area contributed by atoms with E-state index in [9.17, 15) is 4.79 Å². The van der Waals surface area contributed by atoms with Crippen LogP contribution in [0.3, 0.4) is 0 Å². The average Bonchev–Trinajstić information content (AvgIpc) is 2.59. The summed E-state index contributed by atoms with van der Waals surface area (Å²) in [5.74, 6) is 0.0674. The van der Waals surface area contributed by atoms with Crippen molar-refractivity contribution in [2.24, 2.45) is 5.73 Å². The van der Waals surface area contributed by atoms with E-state index < -0.39 is 0 Å². The molecule has 1 saturated heterocycles. The van der Waals surface area contributed by atoms with E-state index in [4.69, 9.17) is 5.73 Å². The molecule has 2 N–H and O–H groups in total. The third-order valence-electron chi connectivity index (χ3n) is 3.19. The van der Waals surface area contributed by atoms with Crippen LogP contribution in [-0.4, -0.2) is 54.5 Å². The summed E-state index contributed by atoms with van der Waals surface area (Å²) in [7, 11) is 2.13. The molecular weight excluding hydrogens is 190 g/mol. The van der Waals surface area contributed by atoms with Gasteiger partial charge >= 0.3 is 0 Å². The van der Waals surface area contributed by atoms with Crippen LogP contribution in [0.4, 0.5) is 0 Å². The van der Waals surface area contributed by atoms with E-state index in [1.165, 1.54) is 12.8 Å². The smallest absolute Gasteiger partial charge is 0.239 e. The van der Waals surface area contributed by atoms with Crippen LogP contribution in [0, 0.1) is 0 Å². The summed E-state index contributed by atoms with van der Waals surface area (Å²) in [6.07, 6.45) is 2.43. The molecule has 4 heteroatoms. The standard InChI is InChI=1S/C11H23N3O/c1-4-14(11(15)9(2)12)8-10-6-5-7-13(10)3/h9-10H,4-8,12H2,1-3H3/t9?,10-/m0/s1. The highest BCUT2D eigenvalue weighted by atomic mass is 16.2. The Morgan fingerprint density at radius 2 is 2.33 bits per heavy atom. The molecule has 0 aromatic heterocycles. The summed E-state index contributed by atoms with van der Waals surface area (Å²) in [5, 5.41) is 0. The number of amides is 1. The highest BCUT2D eigenvalue weighted by Crippen LogP contribution is 2.16. The Bertz CT molecular complexity index is 218.